The third-order valence-corrected chi connectivity index (χ3v) is 5.68. The highest BCUT2D eigenvalue weighted by Crippen LogP contribution is 2.32. The number of carbonyl (C=O) groups is 1. The van der Waals surface area contributed by atoms with E-state index in [2.05, 4.69) is 27.5 Å². The van der Waals surface area contributed by atoms with Crippen LogP contribution >= 0.6 is 11.3 Å². The lowest BCUT2D eigenvalue weighted by molar-refractivity contribution is -0.119. The van der Waals surface area contributed by atoms with Crippen molar-refractivity contribution in [3.05, 3.63) is 40.5 Å². The van der Waals surface area contributed by atoms with Gasteiger partial charge in [-0.05, 0) is 43.5 Å². The molecular formula is C20H24N4O3S. The fraction of sp³-hybridized carbons (Fsp3) is 0.350. The lowest BCUT2D eigenvalue weighted by Crippen LogP contribution is -2.31. The molecule has 7 nitrogen and oxygen atoms in total. The highest BCUT2D eigenvalue weighted by atomic mass is 32.1. The Balaban J connectivity index is 1.53. The van der Waals surface area contributed by atoms with E-state index in [1.54, 1.807) is 25.6 Å². The van der Waals surface area contributed by atoms with Crippen molar-refractivity contribution in [3.63, 3.8) is 0 Å². The first-order chi connectivity index (χ1) is 13.5. The van der Waals surface area contributed by atoms with E-state index in [1.165, 1.54) is 11.2 Å². The van der Waals surface area contributed by atoms with Crippen molar-refractivity contribution < 1.29 is 14.3 Å². The van der Waals surface area contributed by atoms with Crippen molar-refractivity contribution in [2.24, 2.45) is 0 Å². The summed E-state index contributed by atoms with van der Waals surface area (Å²) in [6.07, 6.45) is 2.22. The molecule has 148 valence electrons. The molecular weight excluding hydrogens is 376 g/mol. The van der Waals surface area contributed by atoms with Gasteiger partial charge in [-0.15, -0.1) is 11.3 Å². The van der Waals surface area contributed by atoms with Crippen molar-refractivity contribution in [1.29, 1.82) is 0 Å². The van der Waals surface area contributed by atoms with Gasteiger partial charge in [0.1, 0.15) is 17.0 Å². The summed E-state index contributed by atoms with van der Waals surface area (Å²) in [6, 6.07) is 5.75. The fourth-order valence-electron chi connectivity index (χ4n) is 2.93. The van der Waals surface area contributed by atoms with Gasteiger partial charge in [-0.1, -0.05) is 6.07 Å². The zero-order valence-corrected chi connectivity index (χ0v) is 17.3. The molecule has 2 heterocycles. The van der Waals surface area contributed by atoms with E-state index in [1.807, 2.05) is 25.1 Å². The topological polar surface area (TPSA) is 85.4 Å². The standard InChI is InChI=1S/C20H24N4O3S/c1-12-13(2)28-20-18(12)19(23-11-24-20)22-10-17(25)21-8-7-14-5-6-15(26-3)16(9-14)27-4/h5-6,9,11H,7-8,10H2,1-4H3,(H,21,25)(H,22,23,24). The number of aromatic nitrogens is 2. The monoisotopic (exact) mass is 400 g/mol. The van der Waals surface area contributed by atoms with Crippen LogP contribution in [0.1, 0.15) is 16.0 Å². The number of fused-ring (bicyclic) bond motifs is 1. The molecule has 0 aliphatic rings. The SMILES string of the molecule is COc1ccc(CCNC(=O)CNc2ncnc3sc(C)c(C)c23)cc1OC. The molecule has 1 aromatic carbocycles. The molecule has 0 spiro atoms. The van der Waals surface area contributed by atoms with Crippen LogP contribution in [0.15, 0.2) is 24.5 Å². The summed E-state index contributed by atoms with van der Waals surface area (Å²) in [5, 5.41) is 7.04. The molecule has 1 amide bonds. The summed E-state index contributed by atoms with van der Waals surface area (Å²) in [4.78, 5) is 22.9. The Hall–Kier alpha value is -2.87. The zero-order chi connectivity index (χ0) is 20.1. The number of nitrogens with zero attached hydrogens (tertiary/aromatic N) is 2. The average molecular weight is 401 g/mol. The van der Waals surface area contributed by atoms with Gasteiger partial charge in [0.25, 0.3) is 0 Å². The predicted octanol–water partition coefficient (Wildman–Crippen LogP) is 3.10. The number of methoxy groups -OCH3 is 2. The van der Waals surface area contributed by atoms with E-state index in [9.17, 15) is 4.79 Å². The first kappa shape index (κ1) is 19.9. The van der Waals surface area contributed by atoms with Crippen molar-refractivity contribution in [2.75, 3.05) is 32.6 Å². The van der Waals surface area contributed by atoms with E-state index < -0.39 is 0 Å². The maximum absolute atomic E-state index is 12.2. The number of rotatable bonds is 8. The zero-order valence-electron chi connectivity index (χ0n) is 16.5. The van der Waals surface area contributed by atoms with Gasteiger partial charge in [0, 0.05) is 11.4 Å². The first-order valence-corrected chi connectivity index (χ1v) is 9.77. The lowest BCUT2D eigenvalue weighted by Gasteiger charge is -2.11. The minimum absolute atomic E-state index is 0.0863. The molecule has 8 heteroatoms. The molecule has 28 heavy (non-hydrogen) atoms. The minimum atomic E-state index is -0.0863. The Bertz CT molecular complexity index is 987. The van der Waals surface area contributed by atoms with Crippen molar-refractivity contribution in [3.8, 4) is 11.5 Å². The first-order valence-electron chi connectivity index (χ1n) is 8.95. The van der Waals surface area contributed by atoms with Crippen LogP contribution in [0, 0.1) is 13.8 Å². The number of anilines is 1. The number of carbonyl (C=O) groups excluding carboxylic acids is 1. The number of hydrogen-bond donors (Lipinski definition) is 2. The van der Waals surface area contributed by atoms with E-state index >= 15 is 0 Å². The number of nitrogens with one attached hydrogen (secondary N) is 2. The minimum Gasteiger partial charge on any atom is -0.493 e. The molecule has 0 bridgehead atoms. The van der Waals surface area contributed by atoms with E-state index in [0.717, 1.165) is 21.3 Å². The van der Waals surface area contributed by atoms with Crippen LogP contribution in [0.2, 0.25) is 0 Å². The summed E-state index contributed by atoms with van der Waals surface area (Å²) in [5.74, 6) is 1.98. The van der Waals surface area contributed by atoms with Gasteiger partial charge in [-0.2, -0.15) is 0 Å². The van der Waals surface area contributed by atoms with Crippen molar-refractivity contribution in [1.82, 2.24) is 15.3 Å². The van der Waals surface area contributed by atoms with E-state index in [-0.39, 0.29) is 12.5 Å². The van der Waals surface area contributed by atoms with Gasteiger partial charge in [0.15, 0.2) is 11.5 Å². The third kappa shape index (κ3) is 4.33. The summed E-state index contributed by atoms with van der Waals surface area (Å²) in [6.45, 7) is 4.80. The van der Waals surface area contributed by atoms with Gasteiger partial charge in [0.2, 0.25) is 5.91 Å². The highest BCUT2D eigenvalue weighted by molar-refractivity contribution is 7.18. The Morgan fingerprint density at radius 3 is 2.68 bits per heavy atom. The Kier molecular flexibility index (Phi) is 6.30. The van der Waals surface area contributed by atoms with Gasteiger partial charge in [-0.25, -0.2) is 9.97 Å². The van der Waals surface area contributed by atoms with Crippen LogP contribution in [0.4, 0.5) is 5.82 Å². The molecule has 3 aromatic rings. The quantitative estimate of drug-likeness (QED) is 0.604. The summed E-state index contributed by atoms with van der Waals surface area (Å²) < 4.78 is 10.5. The average Bonchev–Trinajstić information content (AvgIpc) is 3.00. The van der Waals surface area contributed by atoms with Gasteiger partial charge < -0.3 is 20.1 Å². The number of ether oxygens (including phenoxy) is 2. The maximum atomic E-state index is 12.2. The molecule has 0 saturated carbocycles. The number of aryl methyl sites for hydroxylation is 2. The second-order valence-electron chi connectivity index (χ2n) is 6.33. The van der Waals surface area contributed by atoms with Gasteiger partial charge in [0.05, 0.1) is 26.2 Å². The number of amides is 1. The third-order valence-electron chi connectivity index (χ3n) is 4.57. The molecule has 0 atom stereocenters. The number of hydrogen-bond acceptors (Lipinski definition) is 7. The molecule has 0 fully saturated rings. The molecule has 0 aliphatic carbocycles. The molecule has 0 aliphatic heterocycles. The van der Waals surface area contributed by atoms with Crippen LogP contribution in [0.3, 0.4) is 0 Å². The normalized spacial score (nSPS) is 10.7. The van der Waals surface area contributed by atoms with Crippen LogP contribution in [-0.4, -0.2) is 43.2 Å². The summed E-state index contributed by atoms with van der Waals surface area (Å²) >= 11 is 1.63. The Morgan fingerprint density at radius 2 is 1.93 bits per heavy atom. The second kappa shape index (κ2) is 8.88. The van der Waals surface area contributed by atoms with Crippen LogP contribution < -0.4 is 20.1 Å². The molecule has 2 N–H and O–H groups in total. The largest absolute Gasteiger partial charge is 0.493 e. The van der Waals surface area contributed by atoms with Crippen LogP contribution in [-0.2, 0) is 11.2 Å². The Morgan fingerprint density at radius 1 is 1.14 bits per heavy atom. The Labute approximate surface area is 168 Å². The molecule has 3 rings (SSSR count). The van der Waals surface area contributed by atoms with Gasteiger partial charge in [-0.3, -0.25) is 4.79 Å². The maximum Gasteiger partial charge on any atom is 0.239 e. The lowest BCUT2D eigenvalue weighted by atomic mass is 10.1. The fourth-order valence-corrected chi connectivity index (χ4v) is 3.92. The van der Waals surface area contributed by atoms with Gasteiger partial charge >= 0.3 is 0 Å². The molecule has 0 saturated heterocycles. The van der Waals surface area contributed by atoms with E-state index in [0.29, 0.717) is 30.3 Å². The highest BCUT2D eigenvalue weighted by Gasteiger charge is 2.12. The number of thiophene rings is 1. The van der Waals surface area contributed by atoms with Crippen molar-refractivity contribution >= 4 is 33.3 Å². The molecule has 2 aromatic heterocycles. The predicted molar refractivity (Wildman–Crippen MR) is 112 cm³/mol. The summed E-state index contributed by atoms with van der Waals surface area (Å²) in [7, 11) is 3.21. The van der Waals surface area contributed by atoms with Crippen LogP contribution in [0.25, 0.3) is 10.2 Å². The second-order valence-corrected chi connectivity index (χ2v) is 7.53. The van der Waals surface area contributed by atoms with E-state index in [4.69, 9.17) is 9.47 Å². The molecule has 0 radical (unpaired) electrons. The van der Waals surface area contributed by atoms with Crippen LogP contribution in [0.5, 0.6) is 11.5 Å². The summed E-state index contributed by atoms with van der Waals surface area (Å²) in [5.41, 5.74) is 2.21. The number of benzene rings is 1. The smallest absolute Gasteiger partial charge is 0.239 e. The molecule has 0 unspecified atom stereocenters. The van der Waals surface area contributed by atoms with Crippen molar-refractivity contribution in [2.45, 2.75) is 20.3 Å².